The Morgan fingerprint density at radius 3 is 2.58 bits per heavy atom. The van der Waals surface area contributed by atoms with Gasteiger partial charge < -0.3 is 14.9 Å². The molecule has 4 nitrogen and oxygen atoms in total. The van der Waals surface area contributed by atoms with E-state index in [1.54, 1.807) is 6.92 Å². The molecule has 0 amide bonds. The summed E-state index contributed by atoms with van der Waals surface area (Å²) in [5, 5.41) is 21.2. The summed E-state index contributed by atoms with van der Waals surface area (Å²) >= 11 is 0. The number of esters is 1. The molecule has 1 aliphatic heterocycles. The Bertz CT molecular complexity index is 401. The fourth-order valence-electron chi connectivity index (χ4n) is 4.85. The number of hydrogen-bond donors (Lipinski definition) is 2. The number of aliphatic hydroxyl groups is 2. The Balaban J connectivity index is 2.08. The standard InChI is InChI=1S/C15H24O4/c1-8-4-5-11-9(2)12(16)19-15(11)10(8)6-7-14(3,18)13(15)17/h8-11,13,17-18H,4-7H2,1-3H3/t8-,9-,10+,11+,13+,14?,15+/m1/s1. The van der Waals surface area contributed by atoms with Gasteiger partial charge in [0.05, 0.1) is 11.5 Å². The minimum absolute atomic E-state index is 0.0444. The van der Waals surface area contributed by atoms with Crippen molar-refractivity contribution in [3.05, 3.63) is 0 Å². The first-order valence-electron chi connectivity index (χ1n) is 7.44. The molecule has 0 aromatic carbocycles. The van der Waals surface area contributed by atoms with Crippen LogP contribution in [0, 0.1) is 23.7 Å². The van der Waals surface area contributed by atoms with E-state index in [0.29, 0.717) is 12.3 Å². The van der Waals surface area contributed by atoms with Crippen LogP contribution in [-0.2, 0) is 9.53 Å². The Labute approximate surface area is 114 Å². The first kappa shape index (κ1) is 13.4. The van der Waals surface area contributed by atoms with Crippen molar-refractivity contribution < 1.29 is 19.7 Å². The third kappa shape index (κ3) is 1.56. The van der Waals surface area contributed by atoms with Crippen LogP contribution in [0.5, 0.6) is 0 Å². The van der Waals surface area contributed by atoms with E-state index in [4.69, 9.17) is 4.74 Å². The average molecular weight is 268 g/mol. The van der Waals surface area contributed by atoms with Crippen LogP contribution in [0.4, 0.5) is 0 Å². The van der Waals surface area contributed by atoms with E-state index in [1.165, 1.54) is 0 Å². The number of hydrogen-bond acceptors (Lipinski definition) is 4. The molecule has 3 rings (SSSR count). The zero-order valence-corrected chi connectivity index (χ0v) is 11.9. The Morgan fingerprint density at radius 2 is 1.89 bits per heavy atom. The maximum atomic E-state index is 12.0. The highest BCUT2D eigenvalue weighted by atomic mass is 16.6. The predicted molar refractivity (Wildman–Crippen MR) is 69.2 cm³/mol. The van der Waals surface area contributed by atoms with Crippen molar-refractivity contribution in [1.82, 2.24) is 0 Å². The van der Waals surface area contributed by atoms with Crippen LogP contribution in [0.1, 0.15) is 46.5 Å². The first-order chi connectivity index (χ1) is 8.80. The topological polar surface area (TPSA) is 66.8 Å². The van der Waals surface area contributed by atoms with E-state index in [0.717, 1.165) is 19.3 Å². The van der Waals surface area contributed by atoms with Crippen LogP contribution in [-0.4, -0.2) is 33.5 Å². The monoisotopic (exact) mass is 268 g/mol. The van der Waals surface area contributed by atoms with Crippen LogP contribution < -0.4 is 0 Å². The lowest BCUT2D eigenvalue weighted by atomic mass is 9.53. The summed E-state index contributed by atoms with van der Waals surface area (Å²) in [6.07, 6.45) is 2.40. The van der Waals surface area contributed by atoms with E-state index >= 15 is 0 Å². The summed E-state index contributed by atoms with van der Waals surface area (Å²) in [5.41, 5.74) is -2.01. The second-order valence-electron chi connectivity index (χ2n) is 7.13. The number of aliphatic hydroxyl groups excluding tert-OH is 1. The van der Waals surface area contributed by atoms with Gasteiger partial charge in [-0.2, -0.15) is 0 Å². The molecule has 0 bridgehead atoms. The second-order valence-corrected chi connectivity index (χ2v) is 7.13. The molecule has 2 N–H and O–H groups in total. The van der Waals surface area contributed by atoms with Crippen LogP contribution >= 0.6 is 0 Å². The summed E-state index contributed by atoms with van der Waals surface area (Å²) in [7, 11) is 0. The zero-order chi connectivity index (χ0) is 14.0. The number of rotatable bonds is 0. The molecule has 1 heterocycles. The molecule has 3 fully saturated rings. The van der Waals surface area contributed by atoms with Crippen molar-refractivity contribution >= 4 is 5.97 Å². The maximum Gasteiger partial charge on any atom is 0.309 e. The molecule has 0 aromatic rings. The summed E-state index contributed by atoms with van der Waals surface area (Å²) in [4.78, 5) is 12.0. The van der Waals surface area contributed by atoms with Crippen LogP contribution in [0.15, 0.2) is 0 Å². The highest BCUT2D eigenvalue weighted by Gasteiger charge is 2.68. The van der Waals surface area contributed by atoms with Gasteiger partial charge in [0.2, 0.25) is 0 Å². The average Bonchev–Trinajstić information content (AvgIpc) is 2.59. The van der Waals surface area contributed by atoms with Crippen LogP contribution in [0.25, 0.3) is 0 Å². The molecule has 1 spiro atoms. The van der Waals surface area contributed by atoms with Crippen molar-refractivity contribution in [3.63, 3.8) is 0 Å². The van der Waals surface area contributed by atoms with Crippen LogP contribution in [0.3, 0.4) is 0 Å². The molecular weight excluding hydrogens is 244 g/mol. The van der Waals surface area contributed by atoms with E-state index in [2.05, 4.69) is 6.92 Å². The molecular formula is C15H24O4. The Morgan fingerprint density at radius 1 is 1.21 bits per heavy atom. The lowest BCUT2D eigenvalue weighted by Gasteiger charge is -2.56. The summed E-state index contributed by atoms with van der Waals surface area (Å²) in [5.74, 6) is 0.276. The van der Waals surface area contributed by atoms with E-state index in [-0.39, 0.29) is 23.7 Å². The largest absolute Gasteiger partial charge is 0.455 e. The van der Waals surface area contributed by atoms with Crippen molar-refractivity contribution in [2.45, 2.75) is 63.8 Å². The quantitative estimate of drug-likeness (QED) is 0.653. The first-order valence-corrected chi connectivity index (χ1v) is 7.44. The molecule has 108 valence electrons. The fourth-order valence-corrected chi connectivity index (χ4v) is 4.85. The van der Waals surface area contributed by atoms with E-state index in [9.17, 15) is 15.0 Å². The fraction of sp³-hybridized carbons (Fsp3) is 0.933. The Kier molecular flexibility index (Phi) is 2.78. The van der Waals surface area contributed by atoms with Gasteiger partial charge in [0.1, 0.15) is 11.7 Å². The lowest BCUT2D eigenvalue weighted by Crippen LogP contribution is -2.67. The summed E-state index contributed by atoms with van der Waals surface area (Å²) in [6.45, 7) is 5.73. The number of carbonyl (C=O) groups excluding carboxylic acids is 1. The van der Waals surface area contributed by atoms with Gasteiger partial charge in [-0.15, -0.1) is 0 Å². The lowest BCUT2D eigenvalue weighted by molar-refractivity contribution is -0.248. The van der Waals surface area contributed by atoms with Gasteiger partial charge in [-0.3, -0.25) is 4.79 Å². The predicted octanol–water partition coefficient (Wildman–Crippen LogP) is 1.49. The molecule has 3 aliphatic rings. The minimum Gasteiger partial charge on any atom is -0.455 e. The van der Waals surface area contributed by atoms with E-state index < -0.39 is 17.3 Å². The van der Waals surface area contributed by atoms with Gasteiger partial charge in [0, 0.05) is 11.8 Å². The minimum atomic E-state index is -1.16. The molecule has 0 aromatic heterocycles. The highest BCUT2D eigenvalue weighted by Crippen LogP contribution is 2.59. The smallest absolute Gasteiger partial charge is 0.309 e. The molecule has 2 aliphatic carbocycles. The number of ether oxygens (including phenoxy) is 1. The van der Waals surface area contributed by atoms with Gasteiger partial charge in [-0.1, -0.05) is 13.8 Å². The van der Waals surface area contributed by atoms with Gasteiger partial charge in [-0.25, -0.2) is 0 Å². The van der Waals surface area contributed by atoms with Crippen molar-refractivity contribution in [2.24, 2.45) is 23.7 Å². The summed E-state index contributed by atoms with van der Waals surface area (Å²) in [6, 6.07) is 0. The summed E-state index contributed by atoms with van der Waals surface area (Å²) < 4.78 is 5.74. The van der Waals surface area contributed by atoms with E-state index in [1.807, 2.05) is 6.92 Å². The molecule has 1 unspecified atom stereocenters. The molecule has 19 heavy (non-hydrogen) atoms. The normalized spacial score (nSPS) is 57.3. The molecule has 4 heteroatoms. The van der Waals surface area contributed by atoms with Crippen molar-refractivity contribution in [3.8, 4) is 0 Å². The zero-order valence-electron chi connectivity index (χ0n) is 11.9. The molecule has 7 atom stereocenters. The second kappa shape index (κ2) is 3.95. The van der Waals surface area contributed by atoms with Gasteiger partial charge in [0.15, 0.2) is 0 Å². The SMILES string of the molecule is C[C@@H]1CC[C@H]2[C@@H](C)C(=O)O[C@@]23[C@H]1CCC(C)(O)[C@@H]3O. The third-order valence-corrected chi connectivity index (χ3v) is 6.01. The van der Waals surface area contributed by atoms with Crippen molar-refractivity contribution in [2.75, 3.05) is 0 Å². The molecule has 1 saturated heterocycles. The van der Waals surface area contributed by atoms with Crippen molar-refractivity contribution in [1.29, 1.82) is 0 Å². The van der Waals surface area contributed by atoms with Gasteiger partial charge in [0.25, 0.3) is 0 Å². The third-order valence-electron chi connectivity index (χ3n) is 6.01. The highest BCUT2D eigenvalue weighted by molar-refractivity contribution is 5.76. The molecule has 0 radical (unpaired) electrons. The number of carbonyl (C=O) groups is 1. The van der Waals surface area contributed by atoms with Gasteiger partial charge >= 0.3 is 5.97 Å². The Hall–Kier alpha value is -0.610. The van der Waals surface area contributed by atoms with Crippen LogP contribution in [0.2, 0.25) is 0 Å². The van der Waals surface area contributed by atoms with Gasteiger partial charge in [-0.05, 0) is 38.5 Å². The molecule has 2 saturated carbocycles. The maximum absolute atomic E-state index is 12.0.